The zero-order valence-corrected chi connectivity index (χ0v) is 7.46. The first kappa shape index (κ1) is 10.4. The fourth-order valence-electron chi connectivity index (χ4n) is 0.986. The van der Waals surface area contributed by atoms with E-state index >= 15 is 0 Å². The monoisotopic (exact) mass is 159 g/mol. The topological polar surface area (TPSA) is 52.3 Å². The zero-order valence-electron chi connectivity index (χ0n) is 7.46. The van der Waals surface area contributed by atoms with Crippen LogP contribution in [0.1, 0.15) is 26.7 Å². The van der Waals surface area contributed by atoms with Gasteiger partial charge in [0.1, 0.15) is 0 Å². The van der Waals surface area contributed by atoms with Crippen molar-refractivity contribution >= 4 is 5.97 Å². The highest BCUT2D eigenvalue weighted by atomic mass is 16.5. The molecule has 3 heteroatoms. The average Bonchev–Trinajstić information content (AvgIpc) is 1.85. The summed E-state index contributed by atoms with van der Waals surface area (Å²) in [5, 5.41) is 0. The summed E-state index contributed by atoms with van der Waals surface area (Å²) < 4.78 is 4.48. The molecule has 0 fully saturated rings. The van der Waals surface area contributed by atoms with Crippen LogP contribution in [0.5, 0.6) is 0 Å². The molecule has 0 saturated heterocycles. The molecule has 66 valence electrons. The van der Waals surface area contributed by atoms with Crippen molar-refractivity contribution in [1.29, 1.82) is 0 Å². The van der Waals surface area contributed by atoms with Crippen molar-refractivity contribution in [3.63, 3.8) is 0 Å². The molecule has 0 bridgehead atoms. The number of hydrogen-bond acceptors (Lipinski definition) is 3. The molecule has 0 aromatic heterocycles. The van der Waals surface area contributed by atoms with E-state index in [1.54, 1.807) is 0 Å². The lowest BCUT2D eigenvalue weighted by Gasteiger charge is -2.11. The van der Waals surface area contributed by atoms with Gasteiger partial charge in [-0.25, -0.2) is 0 Å². The maximum absolute atomic E-state index is 10.7. The minimum Gasteiger partial charge on any atom is -0.469 e. The van der Waals surface area contributed by atoms with Crippen LogP contribution in [0, 0.1) is 5.92 Å². The zero-order chi connectivity index (χ0) is 8.85. The molecule has 0 amide bonds. The second-order valence-electron chi connectivity index (χ2n) is 3.17. The molecule has 0 radical (unpaired) electrons. The first-order chi connectivity index (χ1) is 5.06. The molecule has 0 rings (SSSR count). The van der Waals surface area contributed by atoms with Crippen LogP contribution < -0.4 is 5.73 Å². The lowest BCUT2D eigenvalue weighted by molar-refractivity contribution is -0.141. The van der Waals surface area contributed by atoms with Gasteiger partial charge in [0, 0.05) is 6.04 Å². The molecule has 0 unspecified atom stereocenters. The standard InChI is InChI=1S/C8H17NO2/c1-6(2)4-7(9)5-8(10)11-3/h6-7H,4-5,9H2,1-3H3/t7-/m1/s1. The normalized spacial score (nSPS) is 13.2. The molecule has 2 N–H and O–H groups in total. The number of carbonyl (C=O) groups is 1. The van der Waals surface area contributed by atoms with E-state index in [1.165, 1.54) is 7.11 Å². The maximum Gasteiger partial charge on any atom is 0.307 e. The van der Waals surface area contributed by atoms with Gasteiger partial charge in [0.25, 0.3) is 0 Å². The van der Waals surface area contributed by atoms with Crippen molar-refractivity contribution in [3.8, 4) is 0 Å². The molecular formula is C8H17NO2. The summed E-state index contributed by atoms with van der Waals surface area (Å²) in [6.45, 7) is 4.16. The van der Waals surface area contributed by atoms with Gasteiger partial charge in [-0.2, -0.15) is 0 Å². The van der Waals surface area contributed by atoms with Crippen LogP contribution >= 0.6 is 0 Å². The molecule has 0 heterocycles. The minimum atomic E-state index is -0.224. The number of nitrogens with two attached hydrogens (primary N) is 1. The van der Waals surface area contributed by atoms with Crippen molar-refractivity contribution < 1.29 is 9.53 Å². The fourth-order valence-corrected chi connectivity index (χ4v) is 0.986. The Morgan fingerprint density at radius 3 is 2.45 bits per heavy atom. The van der Waals surface area contributed by atoms with Crippen molar-refractivity contribution in [2.45, 2.75) is 32.7 Å². The van der Waals surface area contributed by atoms with E-state index < -0.39 is 0 Å². The number of methoxy groups -OCH3 is 1. The lowest BCUT2D eigenvalue weighted by Crippen LogP contribution is -2.25. The van der Waals surface area contributed by atoms with E-state index in [9.17, 15) is 4.79 Å². The van der Waals surface area contributed by atoms with Crippen LogP contribution in [0.2, 0.25) is 0 Å². The van der Waals surface area contributed by atoms with E-state index in [2.05, 4.69) is 18.6 Å². The fraction of sp³-hybridized carbons (Fsp3) is 0.875. The smallest absolute Gasteiger partial charge is 0.307 e. The third kappa shape index (κ3) is 5.85. The number of ether oxygens (including phenoxy) is 1. The number of hydrogen-bond donors (Lipinski definition) is 1. The van der Waals surface area contributed by atoms with Gasteiger partial charge in [0.2, 0.25) is 0 Å². The van der Waals surface area contributed by atoms with Gasteiger partial charge in [0.15, 0.2) is 0 Å². The summed E-state index contributed by atoms with van der Waals surface area (Å²) in [6.07, 6.45) is 1.20. The SMILES string of the molecule is COC(=O)C[C@H](N)CC(C)C. The summed E-state index contributed by atoms with van der Waals surface area (Å²) in [7, 11) is 1.38. The van der Waals surface area contributed by atoms with Gasteiger partial charge in [-0.3, -0.25) is 4.79 Å². The van der Waals surface area contributed by atoms with Gasteiger partial charge < -0.3 is 10.5 Å². The number of rotatable bonds is 4. The van der Waals surface area contributed by atoms with E-state index in [0.717, 1.165) is 6.42 Å². The molecule has 0 aromatic rings. The summed E-state index contributed by atoms with van der Waals surface area (Å²) in [6, 6.07) is -0.0533. The van der Waals surface area contributed by atoms with Crippen LogP contribution in [0.15, 0.2) is 0 Å². The predicted octanol–water partition coefficient (Wildman–Crippen LogP) is 0.923. The van der Waals surface area contributed by atoms with Crippen LogP contribution in [0.3, 0.4) is 0 Å². The van der Waals surface area contributed by atoms with Crippen molar-refractivity contribution in [3.05, 3.63) is 0 Å². The third-order valence-electron chi connectivity index (χ3n) is 1.43. The molecule has 0 aliphatic carbocycles. The van der Waals surface area contributed by atoms with Gasteiger partial charge in [-0.1, -0.05) is 13.8 Å². The van der Waals surface area contributed by atoms with Gasteiger partial charge >= 0.3 is 5.97 Å². The molecule has 0 aromatic carbocycles. The Hall–Kier alpha value is -0.570. The van der Waals surface area contributed by atoms with Gasteiger partial charge in [-0.05, 0) is 12.3 Å². The predicted molar refractivity (Wildman–Crippen MR) is 44.1 cm³/mol. The molecule has 0 aliphatic rings. The quantitative estimate of drug-likeness (QED) is 0.621. The van der Waals surface area contributed by atoms with Crippen LogP contribution in [0.25, 0.3) is 0 Å². The summed E-state index contributed by atoms with van der Waals surface area (Å²) in [5.41, 5.74) is 5.65. The Balaban J connectivity index is 3.51. The number of esters is 1. The van der Waals surface area contributed by atoms with E-state index in [-0.39, 0.29) is 12.0 Å². The largest absolute Gasteiger partial charge is 0.469 e. The Bertz CT molecular complexity index is 123. The molecule has 0 saturated carbocycles. The van der Waals surface area contributed by atoms with Crippen molar-refractivity contribution in [2.24, 2.45) is 11.7 Å². The van der Waals surface area contributed by atoms with Crippen molar-refractivity contribution in [2.75, 3.05) is 7.11 Å². The van der Waals surface area contributed by atoms with Crippen LogP contribution in [-0.4, -0.2) is 19.1 Å². The molecule has 0 spiro atoms. The van der Waals surface area contributed by atoms with Gasteiger partial charge in [-0.15, -0.1) is 0 Å². The molecule has 11 heavy (non-hydrogen) atoms. The highest BCUT2D eigenvalue weighted by Gasteiger charge is 2.10. The molecular weight excluding hydrogens is 142 g/mol. The average molecular weight is 159 g/mol. The summed E-state index contributed by atoms with van der Waals surface area (Å²) in [4.78, 5) is 10.7. The van der Waals surface area contributed by atoms with Gasteiger partial charge in [0.05, 0.1) is 13.5 Å². The highest BCUT2D eigenvalue weighted by molar-refractivity contribution is 5.69. The third-order valence-corrected chi connectivity index (χ3v) is 1.43. The summed E-state index contributed by atoms with van der Waals surface area (Å²) >= 11 is 0. The molecule has 0 aliphatic heterocycles. The number of carbonyl (C=O) groups excluding carboxylic acids is 1. The molecule has 1 atom stereocenters. The van der Waals surface area contributed by atoms with Crippen LogP contribution in [0.4, 0.5) is 0 Å². The lowest BCUT2D eigenvalue weighted by atomic mass is 10.0. The highest BCUT2D eigenvalue weighted by Crippen LogP contribution is 2.05. The Morgan fingerprint density at radius 2 is 2.09 bits per heavy atom. The molecule has 3 nitrogen and oxygen atoms in total. The van der Waals surface area contributed by atoms with E-state index in [0.29, 0.717) is 12.3 Å². The second-order valence-corrected chi connectivity index (χ2v) is 3.17. The van der Waals surface area contributed by atoms with E-state index in [1.807, 2.05) is 0 Å². The second kappa shape index (κ2) is 5.13. The first-order valence-electron chi connectivity index (χ1n) is 3.88. The van der Waals surface area contributed by atoms with Crippen molar-refractivity contribution in [1.82, 2.24) is 0 Å². The Morgan fingerprint density at radius 1 is 1.55 bits per heavy atom. The Labute approximate surface area is 67.9 Å². The minimum absolute atomic E-state index is 0.0533. The first-order valence-corrected chi connectivity index (χ1v) is 3.88. The summed E-state index contributed by atoms with van der Waals surface area (Å²) in [5.74, 6) is 0.313. The maximum atomic E-state index is 10.7. The van der Waals surface area contributed by atoms with E-state index in [4.69, 9.17) is 5.73 Å². The Kier molecular flexibility index (Phi) is 4.86. The van der Waals surface area contributed by atoms with Crippen LogP contribution in [-0.2, 0) is 9.53 Å².